The van der Waals surface area contributed by atoms with E-state index in [1.165, 1.54) is 32.1 Å². The van der Waals surface area contributed by atoms with Gasteiger partial charge in [0.15, 0.2) is 0 Å². The number of rotatable bonds is 4. The summed E-state index contributed by atoms with van der Waals surface area (Å²) in [6, 6.07) is 2.07. The van der Waals surface area contributed by atoms with Crippen molar-refractivity contribution >= 4 is 24.1 Å². The quantitative estimate of drug-likeness (QED) is 0.884. The first kappa shape index (κ1) is 18.3. The molecule has 0 aliphatic heterocycles. The number of hydrogen-bond donors (Lipinski definition) is 2. The van der Waals surface area contributed by atoms with Gasteiger partial charge in [-0.3, -0.25) is 9.48 Å². The van der Waals surface area contributed by atoms with Gasteiger partial charge in [0.2, 0.25) is 5.91 Å². The second-order valence-electron chi connectivity index (χ2n) is 6.94. The number of nitrogens with zero attached hydrogens (tertiary/aromatic N) is 2. The van der Waals surface area contributed by atoms with Gasteiger partial charge < -0.3 is 11.1 Å². The smallest absolute Gasteiger partial charge is 0.228 e. The lowest BCUT2D eigenvalue weighted by molar-refractivity contribution is -0.120. The van der Waals surface area contributed by atoms with Crippen molar-refractivity contribution < 1.29 is 4.79 Å². The van der Waals surface area contributed by atoms with Gasteiger partial charge in [0.05, 0.1) is 5.69 Å². The summed E-state index contributed by atoms with van der Waals surface area (Å²) in [5.41, 5.74) is 6.93. The Bertz CT molecular complexity index is 525. The molecule has 1 aromatic heterocycles. The number of nitrogens with two attached hydrogens (primary N) is 1. The van der Waals surface area contributed by atoms with Crippen LogP contribution in [-0.4, -0.2) is 22.2 Å². The number of anilines is 1. The summed E-state index contributed by atoms with van der Waals surface area (Å²) >= 11 is 0. The highest BCUT2D eigenvalue weighted by molar-refractivity contribution is 5.92. The average molecular weight is 341 g/mol. The standard InChI is InChI=1S/C17H28N4O.ClH/c1-21-16(10-15(20-21)12-6-3-2-4-7-12)19-17(22)14-9-5-8-13(14)11-18;/h10,12-14H,2-9,11,18H2,1H3,(H,19,22);1H/t13-,14-;/m1./s1. The summed E-state index contributed by atoms with van der Waals surface area (Å²) in [6.45, 7) is 0.608. The highest BCUT2D eigenvalue weighted by Gasteiger charge is 2.32. The predicted molar refractivity (Wildman–Crippen MR) is 94.8 cm³/mol. The molecule has 1 aromatic rings. The van der Waals surface area contributed by atoms with Crippen LogP contribution in [0.25, 0.3) is 0 Å². The summed E-state index contributed by atoms with van der Waals surface area (Å²) in [7, 11) is 1.91. The Kier molecular flexibility index (Phi) is 6.48. The Labute approximate surface area is 144 Å². The summed E-state index contributed by atoms with van der Waals surface area (Å²) < 4.78 is 1.81. The van der Waals surface area contributed by atoms with Crippen LogP contribution in [0.2, 0.25) is 0 Å². The van der Waals surface area contributed by atoms with Crippen LogP contribution in [0.15, 0.2) is 6.07 Å². The van der Waals surface area contributed by atoms with Gasteiger partial charge >= 0.3 is 0 Å². The topological polar surface area (TPSA) is 72.9 Å². The fourth-order valence-electron chi connectivity index (χ4n) is 4.09. The molecule has 130 valence electrons. The monoisotopic (exact) mass is 340 g/mol. The molecule has 0 spiro atoms. The maximum atomic E-state index is 12.5. The number of aryl methyl sites for hydroxylation is 1. The van der Waals surface area contributed by atoms with Crippen LogP contribution in [0.1, 0.15) is 63.0 Å². The molecular formula is C17H29ClN4O. The van der Waals surface area contributed by atoms with Gasteiger partial charge in [-0.05, 0) is 38.1 Å². The van der Waals surface area contributed by atoms with E-state index in [1.54, 1.807) is 0 Å². The number of halogens is 1. The van der Waals surface area contributed by atoms with Crippen molar-refractivity contribution in [2.75, 3.05) is 11.9 Å². The van der Waals surface area contributed by atoms with E-state index in [-0.39, 0.29) is 24.2 Å². The molecule has 2 fully saturated rings. The molecule has 1 amide bonds. The van der Waals surface area contributed by atoms with Crippen molar-refractivity contribution in [3.05, 3.63) is 11.8 Å². The van der Waals surface area contributed by atoms with Crippen molar-refractivity contribution in [2.45, 2.75) is 57.3 Å². The molecule has 0 unspecified atom stereocenters. The zero-order valence-corrected chi connectivity index (χ0v) is 14.8. The van der Waals surface area contributed by atoms with Crippen LogP contribution < -0.4 is 11.1 Å². The van der Waals surface area contributed by atoms with E-state index >= 15 is 0 Å². The van der Waals surface area contributed by atoms with E-state index < -0.39 is 0 Å². The molecule has 0 aromatic carbocycles. The molecule has 0 radical (unpaired) electrons. The number of carbonyl (C=O) groups is 1. The van der Waals surface area contributed by atoms with E-state index in [1.807, 2.05) is 11.7 Å². The number of hydrogen-bond acceptors (Lipinski definition) is 3. The van der Waals surface area contributed by atoms with Gasteiger partial charge in [-0.15, -0.1) is 12.4 Å². The minimum Gasteiger partial charge on any atom is -0.330 e. The van der Waals surface area contributed by atoms with Crippen LogP contribution in [0.4, 0.5) is 5.82 Å². The normalized spacial score (nSPS) is 25.1. The first-order valence-corrected chi connectivity index (χ1v) is 8.74. The van der Waals surface area contributed by atoms with Crippen molar-refractivity contribution in [2.24, 2.45) is 24.6 Å². The summed E-state index contributed by atoms with van der Waals surface area (Å²) in [5.74, 6) is 1.91. The predicted octanol–water partition coefficient (Wildman–Crippen LogP) is 3.20. The molecule has 5 nitrogen and oxygen atoms in total. The third-order valence-electron chi connectivity index (χ3n) is 5.47. The van der Waals surface area contributed by atoms with Crippen LogP contribution in [0, 0.1) is 11.8 Å². The molecular weight excluding hydrogens is 312 g/mol. The molecule has 6 heteroatoms. The molecule has 0 bridgehead atoms. The Morgan fingerprint density at radius 2 is 2.00 bits per heavy atom. The maximum Gasteiger partial charge on any atom is 0.228 e. The first-order valence-electron chi connectivity index (χ1n) is 8.74. The molecule has 2 aliphatic carbocycles. The van der Waals surface area contributed by atoms with E-state index in [2.05, 4.69) is 16.5 Å². The van der Waals surface area contributed by atoms with E-state index in [0.29, 0.717) is 18.4 Å². The highest BCUT2D eigenvalue weighted by atomic mass is 35.5. The van der Waals surface area contributed by atoms with Crippen LogP contribution in [0.3, 0.4) is 0 Å². The second kappa shape index (κ2) is 8.15. The summed E-state index contributed by atoms with van der Waals surface area (Å²) in [5, 5.41) is 7.71. The van der Waals surface area contributed by atoms with Gasteiger partial charge in [0.1, 0.15) is 5.82 Å². The largest absolute Gasteiger partial charge is 0.330 e. The molecule has 3 N–H and O–H groups in total. The summed E-state index contributed by atoms with van der Waals surface area (Å²) in [4.78, 5) is 12.5. The lowest BCUT2D eigenvalue weighted by Crippen LogP contribution is -2.30. The van der Waals surface area contributed by atoms with Gasteiger partial charge in [0, 0.05) is 24.9 Å². The van der Waals surface area contributed by atoms with Crippen molar-refractivity contribution in [3.8, 4) is 0 Å². The third-order valence-corrected chi connectivity index (χ3v) is 5.47. The molecule has 1 heterocycles. The average Bonchev–Trinajstić information content (AvgIpc) is 3.15. The van der Waals surface area contributed by atoms with E-state index in [4.69, 9.17) is 5.73 Å². The lowest BCUT2D eigenvalue weighted by atomic mass is 9.87. The van der Waals surface area contributed by atoms with Crippen molar-refractivity contribution in [1.82, 2.24) is 9.78 Å². The highest BCUT2D eigenvalue weighted by Crippen LogP contribution is 2.34. The van der Waals surface area contributed by atoms with Crippen LogP contribution in [0.5, 0.6) is 0 Å². The number of carbonyl (C=O) groups excluding carboxylic acids is 1. The molecule has 23 heavy (non-hydrogen) atoms. The maximum absolute atomic E-state index is 12.5. The molecule has 3 rings (SSSR count). The van der Waals surface area contributed by atoms with Crippen LogP contribution >= 0.6 is 12.4 Å². The number of aromatic nitrogens is 2. The second-order valence-corrected chi connectivity index (χ2v) is 6.94. The molecule has 2 aliphatic rings. The molecule has 0 saturated heterocycles. The SMILES string of the molecule is Cl.Cn1nc(C2CCCCC2)cc1NC(=O)[C@@H]1CCC[C@@H]1CN. The zero-order chi connectivity index (χ0) is 15.5. The zero-order valence-electron chi connectivity index (χ0n) is 14.0. The Hall–Kier alpha value is -1.07. The minimum absolute atomic E-state index is 0. The Morgan fingerprint density at radius 3 is 2.70 bits per heavy atom. The van der Waals surface area contributed by atoms with Gasteiger partial charge in [-0.2, -0.15) is 5.10 Å². The van der Waals surface area contributed by atoms with E-state index in [9.17, 15) is 4.79 Å². The fraction of sp³-hybridized carbons (Fsp3) is 0.765. The first-order chi connectivity index (χ1) is 10.7. The van der Waals surface area contributed by atoms with Crippen LogP contribution in [-0.2, 0) is 11.8 Å². The minimum atomic E-state index is 0. The summed E-state index contributed by atoms with van der Waals surface area (Å²) in [6.07, 6.45) is 9.53. The lowest BCUT2D eigenvalue weighted by Gasteiger charge is -2.19. The van der Waals surface area contributed by atoms with Crippen molar-refractivity contribution in [1.29, 1.82) is 0 Å². The van der Waals surface area contributed by atoms with Gasteiger partial charge in [-0.25, -0.2) is 0 Å². The Morgan fingerprint density at radius 1 is 1.26 bits per heavy atom. The Balaban J connectivity index is 0.00000192. The number of amides is 1. The third kappa shape index (κ3) is 4.07. The molecule has 2 saturated carbocycles. The van der Waals surface area contributed by atoms with Crippen molar-refractivity contribution in [3.63, 3.8) is 0 Å². The van der Waals surface area contributed by atoms with Gasteiger partial charge in [-0.1, -0.05) is 25.7 Å². The number of nitrogens with one attached hydrogen (secondary N) is 1. The molecule has 2 atom stereocenters. The van der Waals surface area contributed by atoms with E-state index in [0.717, 1.165) is 30.8 Å². The van der Waals surface area contributed by atoms with Gasteiger partial charge in [0.25, 0.3) is 0 Å². The fourth-order valence-corrected chi connectivity index (χ4v) is 4.09.